The van der Waals surface area contributed by atoms with Crippen molar-refractivity contribution in [3.05, 3.63) is 72.5 Å². The molecule has 0 bridgehead atoms. The Bertz CT molecular complexity index is 1030. The van der Waals surface area contributed by atoms with Gasteiger partial charge in [0.05, 0.1) is 16.2 Å². The summed E-state index contributed by atoms with van der Waals surface area (Å²) in [6.45, 7) is 5.09. The first-order valence-electron chi connectivity index (χ1n) is 7.27. The molecule has 1 N–H and O–H groups in total. The lowest BCUT2D eigenvalue weighted by atomic mass is 10.1. The molecule has 0 radical (unpaired) electrons. The Morgan fingerprint density at radius 1 is 1.54 bits per heavy atom. The van der Waals surface area contributed by atoms with Crippen molar-refractivity contribution >= 4 is 33.5 Å². The van der Waals surface area contributed by atoms with Gasteiger partial charge in [-0.15, -0.1) is 6.58 Å². The Morgan fingerprint density at radius 2 is 2.23 bits per heavy atom. The van der Waals surface area contributed by atoms with Crippen molar-refractivity contribution in [3.63, 3.8) is 0 Å². The highest BCUT2D eigenvalue weighted by atomic mass is 79.9. The number of nitriles is 1. The fraction of sp³-hybridized carbons (Fsp3) is 0.118. The Balaban J connectivity index is 2.59. The van der Waals surface area contributed by atoms with Crippen LogP contribution in [-0.2, 0) is 6.54 Å². The van der Waals surface area contributed by atoms with E-state index in [0.29, 0.717) is 10.2 Å². The molecular formula is C17H13BrN4O4. The molecule has 0 fully saturated rings. The number of aromatic hydroxyl groups is 1. The second kappa shape index (κ2) is 7.76. The molecular weight excluding hydrogens is 404 g/mol. The number of allylic oxidation sites excluding steroid dienone is 1. The van der Waals surface area contributed by atoms with E-state index in [1.165, 1.54) is 37.4 Å². The third-order valence-corrected chi connectivity index (χ3v) is 4.27. The van der Waals surface area contributed by atoms with E-state index in [-0.39, 0.29) is 34.8 Å². The number of halogens is 1. The normalized spacial score (nSPS) is 10.7. The van der Waals surface area contributed by atoms with E-state index in [2.05, 4.69) is 27.5 Å². The molecule has 0 aliphatic heterocycles. The van der Waals surface area contributed by atoms with E-state index in [4.69, 9.17) is 0 Å². The average Bonchev–Trinajstić information content (AvgIpc) is 2.60. The zero-order valence-corrected chi connectivity index (χ0v) is 15.2. The number of hydrogen-bond donors (Lipinski definition) is 1. The van der Waals surface area contributed by atoms with Crippen molar-refractivity contribution in [3.8, 4) is 11.9 Å². The smallest absolute Gasteiger partial charge is 0.271 e. The molecule has 0 amide bonds. The third-order valence-electron chi connectivity index (χ3n) is 3.63. The minimum atomic E-state index is -0.615. The summed E-state index contributed by atoms with van der Waals surface area (Å²) in [4.78, 5) is 26.7. The van der Waals surface area contributed by atoms with E-state index < -0.39 is 10.5 Å². The molecule has 2 aromatic rings. The summed E-state index contributed by atoms with van der Waals surface area (Å²) in [6.07, 6.45) is 2.72. The first-order chi connectivity index (χ1) is 12.3. The van der Waals surface area contributed by atoms with Crippen molar-refractivity contribution in [1.82, 2.24) is 4.57 Å². The van der Waals surface area contributed by atoms with Crippen LogP contribution in [-0.4, -0.2) is 20.8 Å². The van der Waals surface area contributed by atoms with Crippen molar-refractivity contribution in [2.24, 2.45) is 4.99 Å². The fourth-order valence-electron chi connectivity index (χ4n) is 2.27. The Hall–Kier alpha value is -3.25. The molecule has 0 saturated carbocycles. The SMILES string of the molecule is C=CCn1c(O)c(C=Nc2ccc([N+](=O)[O-])cc2Br)c(C)c(C#N)c1=O. The molecule has 1 aromatic carbocycles. The molecule has 0 spiro atoms. The molecule has 8 nitrogen and oxygen atoms in total. The van der Waals surface area contributed by atoms with Crippen LogP contribution in [0.2, 0.25) is 0 Å². The number of rotatable bonds is 5. The lowest BCUT2D eigenvalue weighted by Crippen LogP contribution is -2.24. The number of aliphatic imine (C=N–C) groups is 1. The van der Waals surface area contributed by atoms with Gasteiger partial charge < -0.3 is 5.11 Å². The van der Waals surface area contributed by atoms with Crippen LogP contribution in [0.4, 0.5) is 11.4 Å². The number of nitro benzene ring substituents is 1. The lowest BCUT2D eigenvalue weighted by molar-refractivity contribution is -0.384. The Labute approximate surface area is 156 Å². The van der Waals surface area contributed by atoms with Crippen LogP contribution in [0.1, 0.15) is 16.7 Å². The second-order valence-corrected chi connectivity index (χ2v) is 6.06. The van der Waals surface area contributed by atoms with Gasteiger partial charge in [-0.3, -0.25) is 24.5 Å². The molecule has 0 unspecified atom stereocenters. The number of benzene rings is 1. The van der Waals surface area contributed by atoms with Crippen molar-refractivity contribution in [1.29, 1.82) is 5.26 Å². The summed E-state index contributed by atoms with van der Waals surface area (Å²) < 4.78 is 1.41. The maximum Gasteiger partial charge on any atom is 0.271 e. The van der Waals surface area contributed by atoms with Crippen LogP contribution in [0.15, 0.2) is 45.1 Å². The number of nitrogens with zero attached hydrogens (tertiary/aromatic N) is 4. The highest BCUT2D eigenvalue weighted by molar-refractivity contribution is 9.10. The van der Waals surface area contributed by atoms with Gasteiger partial charge in [0.15, 0.2) is 0 Å². The number of pyridine rings is 1. The van der Waals surface area contributed by atoms with Gasteiger partial charge in [0.1, 0.15) is 11.6 Å². The van der Waals surface area contributed by atoms with Gasteiger partial charge in [0, 0.05) is 29.4 Å². The van der Waals surface area contributed by atoms with Gasteiger partial charge in [-0.1, -0.05) is 6.08 Å². The molecule has 0 aliphatic rings. The molecule has 0 aliphatic carbocycles. The predicted octanol–water partition coefficient (Wildman–Crippen LogP) is 3.34. The average molecular weight is 417 g/mol. The van der Waals surface area contributed by atoms with Crippen LogP contribution >= 0.6 is 15.9 Å². The lowest BCUT2D eigenvalue weighted by Gasteiger charge is -2.12. The molecule has 9 heteroatoms. The highest BCUT2D eigenvalue weighted by Gasteiger charge is 2.17. The van der Waals surface area contributed by atoms with E-state index in [1.54, 1.807) is 0 Å². The maximum atomic E-state index is 12.2. The summed E-state index contributed by atoms with van der Waals surface area (Å²) in [5, 5.41) is 30.4. The number of hydrogen-bond acceptors (Lipinski definition) is 6. The number of aromatic nitrogens is 1. The minimum absolute atomic E-state index is 0.0295. The largest absolute Gasteiger partial charge is 0.494 e. The second-order valence-electron chi connectivity index (χ2n) is 5.20. The van der Waals surface area contributed by atoms with Crippen LogP contribution in [0, 0.1) is 28.4 Å². The fourth-order valence-corrected chi connectivity index (χ4v) is 2.74. The van der Waals surface area contributed by atoms with E-state index >= 15 is 0 Å². The molecule has 1 heterocycles. The number of non-ortho nitro benzene ring substituents is 1. The van der Waals surface area contributed by atoms with Crippen LogP contribution < -0.4 is 5.56 Å². The van der Waals surface area contributed by atoms with Crippen molar-refractivity contribution in [2.45, 2.75) is 13.5 Å². The monoisotopic (exact) mass is 416 g/mol. The molecule has 2 rings (SSSR count). The minimum Gasteiger partial charge on any atom is -0.494 e. The molecule has 1 aromatic heterocycles. The summed E-state index contributed by atoms with van der Waals surface area (Å²) in [7, 11) is 0. The topological polar surface area (TPSA) is 122 Å². The van der Waals surface area contributed by atoms with Gasteiger partial charge >= 0.3 is 0 Å². The first kappa shape index (κ1) is 19.1. The third kappa shape index (κ3) is 3.55. The van der Waals surface area contributed by atoms with Crippen molar-refractivity contribution in [2.75, 3.05) is 0 Å². The van der Waals surface area contributed by atoms with Crippen LogP contribution in [0.5, 0.6) is 5.88 Å². The van der Waals surface area contributed by atoms with E-state index in [9.17, 15) is 25.3 Å². The van der Waals surface area contributed by atoms with Gasteiger partial charge in [0.25, 0.3) is 11.2 Å². The Morgan fingerprint density at radius 3 is 2.77 bits per heavy atom. The standard InChI is InChI=1S/C17H13BrN4O4/c1-3-6-21-16(23)12(8-19)10(2)13(17(21)24)9-20-15-5-4-11(22(25)26)7-14(15)18/h3-5,7,9,24H,1,6H2,2H3. The molecule has 132 valence electrons. The summed E-state index contributed by atoms with van der Waals surface area (Å²) in [6, 6.07) is 5.87. The quantitative estimate of drug-likeness (QED) is 0.346. The predicted molar refractivity (Wildman–Crippen MR) is 100 cm³/mol. The van der Waals surface area contributed by atoms with Gasteiger partial charge in [-0.2, -0.15) is 5.26 Å². The summed E-state index contributed by atoms with van der Waals surface area (Å²) in [5.74, 6) is -0.340. The Kier molecular flexibility index (Phi) is 5.69. The van der Waals surface area contributed by atoms with Gasteiger partial charge in [-0.25, -0.2) is 0 Å². The maximum absolute atomic E-state index is 12.2. The molecule has 26 heavy (non-hydrogen) atoms. The highest BCUT2D eigenvalue weighted by Crippen LogP contribution is 2.30. The summed E-state index contributed by atoms with van der Waals surface area (Å²) >= 11 is 3.20. The van der Waals surface area contributed by atoms with E-state index in [0.717, 1.165) is 4.57 Å². The number of nitro groups is 1. The molecule has 0 saturated heterocycles. The van der Waals surface area contributed by atoms with Crippen molar-refractivity contribution < 1.29 is 10.0 Å². The van der Waals surface area contributed by atoms with E-state index in [1.807, 2.05) is 6.07 Å². The summed E-state index contributed by atoms with van der Waals surface area (Å²) in [5.41, 5.74) is 0.0609. The van der Waals surface area contributed by atoms with Crippen LogP contribution in [0.25, 0.3) is 0 Å². The van der Waals surface area contributed by atoms with Gasteiger partial charge in [0.2, 0.25) is 5.88 Å². The first-order valence-corrected chi connectivity index (χ1v) is 8.06. The zero-order valence-electron chi connectivity index (χ0n) is 13.6. The van der Waals surface area contributed by atoms with Gasteiger partial charge in [-0.05, 0) is 34.5 Å². The van der Waals surface area contributed by atoms with Crippen LogP contribution in [0.3, 0.4) is 0 Å². The zero-order chi connectivity index (χ0) is 19.4. The molecule has 0 atom stereocenters.